The number of fused-ring (bicyclic) bond motifs is 1. The fraction of sp³-hybridized carbons (Fsp3) is 0.750. The smallest absolute Gasteiger partial charge is 0.429 e. The lowest BCUT2D eigenvalue weighted by molar-refractivity contribution is -0.178. The third kappa shape index (κ3) is 2.42. The number of hydrogen-bond acceptors (Lipinski definition) is 6. The fourth-order valence-electron chi connectivity index (χ4n) is 2.92. The molecule has 0 N–H and O–H groups in total. The molecule has 3 rings (SSSR count). The third-order valence-electron chi connectivity index (χ3n) is 3.90. The van der Waals surface area contributed by atoms with Crippen molar-refractivity contribution in [3.8, 4) is 0 Å². The summed E-state index contributed by atoms with van der Waals surface area (Å²) in [4.78, 5) is 38.8. The molecule has 0 radical (unpaired) electrons. The van der Waals surface area contributed by atoms with Gasteiger partial charge >= 0.3 is 6.16 Å². The second-order valence-corrected chi connectivity index (χ2v) is 5.19. The van der Waals surface area contributed by atoms with Crippen molar-refractivity contribution in [2.45, 2.75) is 31.8 Å². The minimum absolute atomic E-state index is 0.0804. The quantitative estimate of drug-likeness (QED) is 0.540. The molecule has 2 heterocycles. The van der Waals surface area contributed by atoms with Crippen molar-refractivity contribution in [2.75, 3.05) is 13.2 Å². The Balaban J connectivity index is 1.49. The van der Waals surface area contributed by atoms with E-state index in [2.05, 4.69) is 4.84 Å². The van der Waals surface area contributed by atoms with Crippen LogP contribution in [-0.4, -0.2) is 42.4 Å². The summed E-state index contributed by atoms with van der Waals surface area (Å²) in [6, 6.07) is 0. The summed E-state index contributed by atoms with van der Waals surface area (Å²) < 4.78 is 10.5. The van der Waals surface area contributed by atoms with Gasteiger partial charge in [-0.3, -0.25) is 14.4 Å². The Kier molecular flexibility index (Phi) is 3.14. The Morgan fingerprint density at radius 1 is 1.11 bits per heavy atom. The first-order valence-electron chi connectivity index (χ1n) is 6.45. The minimum atomic E-state index is -0.977. The Morgan fingerprint density at radius 2 is 1.68 bits per heavy atom. The van der Waals surface area contributed by atoms with Gasteiger partial charge in [-0.1, -0.05) is 5.06 Å². The van der Waals surface area contributed by atoms with Gasteiger partial charge in [0.2, 0.25) is 0 Å². The number of carbonyl (C=O) groups excluding carboxylic acids is 3. The van der Waals surface area contributed by atoms with Crippen LogP contribution in [0.15, 0.2) is 0 Å². The molecule has 1 saturated carbocycles. The average molecular weight is 269 g/mol. The Hall–Kier alpha value is -1.63. The Labute approximate surface area is 109 Å². The second-order valence-electron chi connectivity index (χ2n) is 5.19. The van der Waals surface area contributed by atoms with E-state index in [0.29, 0.717) is 30.1 Å². The van der Waals surface area contributed by atoms with E-state index in [0.717, 1.165) is 12.8 Å². The van der Waals surface area contributed by atoms with Gasteiger partial charge in [-0.2, -0.15) is 0 Å². The molecule has 0 spiro atoms. The van der Waals surface area contributed by atoms with E-state index >= 15 is 0 Å². The topological polar surface area (TPSA) is 82.1 Å². The number of hydroxylamine groups is 2. The van der Waals surface area contributed by atoms with Gasteiger partial charge < -0.3 is 9.47 Å². The molecule has 2 aliphatic heterocycles. The van der Waals surface area contributed by atoms with Crippen LogP contribution in [0.1, 0.15) is 25.7 Å². The molecule has 1 unspecified atom stereocenters. The number of rotatable bonds is 2. The molecule has 3 aliphatic rings. The zero-order chi connectivity index (χ0) is 13.4. The Morgan fingerprint density at radius 3 is 2.26 bits per heavy atom. The number of carbonyl (C=O) groups is 3. The van der Waals surface area contributed by atoms with Crippen molar-refractivity contribution in [1.82, 2.24) is 5.06 Å². The molecule has 3 fully saturated rings. The number of nitrogens with zero attached hydrogens (tertiary/aromatic N) is 1. The molecule has 7 heteroatoms. The molecule has 0 aromatic heterocycles. The van der Waals surface area contributed by atoms with Crippen LogP contribution in [0.3, 0.4) is 0 Å². The van der Waals surface area contributed by atoms with Gasteiger partial charge in [0.1, 0.15) is 6.10 Å². The maximum atomic E-state index is 11.5. The molecule has 0 aromatic carbocycles. The molecule has 3 atom stereocenters. The van der Waals surface area contributed by atoms with Gasteiger partial charge in [-0.25, -0.2) is 4.79 Å². The predicted octanol–water partition coefficient (Wildman–Crippen LogP) is 0.629. The standard InChI is InChI=1S/C12H15NO6/c14-10-1-2-11(15)13(10)19-12(16)18-9-3-7-5-17-6-8(7)4-9/h7-9H,1-6H2/t7-,8+,9?. The van der Waals surface area contributed by atoms with Crippen molar-refractivity contribution < 1.29 is 28.7 Å². The summed E-state index contributed by atoms with van der Waals surface area (Å²) in [7, 11) is 0. The molecule has 0 aromatic rings. The van der Waals surface area contributed by atoms with E-state index in [9.17, 15) is 14.4 Å². The van der Waals surface area contributed by atoms with E-state index < -0.39 is 18.0 Å². The lowest BCUT2D eigenvalue weighted by Gasteiger charge is -2.16. The van der Waals surface area contributed by atoms with E-state index in [1.165, 1.54) is 0 Å². The van der Waals surface area contributed by atoms with Crippen molar-refractivity contribution in [3.05, 3.63) is 0 Å². The number of amides is 2. The molecule has 0 bridgehead atoms. The van der Waals surface area contributed by atoms with Crippen LogP contribution >= 0.6 is 0 Å². The highest BCUT2D eigenvalue weighted by Gasteiger charge is 2.41. The summed E-state index contributed by atoms with van der Waals surface area (Å²) in [5.41, 5.74) is 0. The van der Waals surface area contributed by atoms with Crippen molar-refractivity contribution in [3.63, 3.8) is 0 Å². The molecular formula is C12H15NO6. The zero-order valence-electron chi connectivity index (χ0n) is 10.4. The first-order valence-corrected chi connectivity index (χ1v) is 6.45. The highest BCUT2D eigenvalue weighted by atomic mass is 16.8. The third-order valence-corrected chi connectivity index (χ3v) is 3.90. The summed E-state index contributed by atoms with van der Waals surface area (Å²) in [5.74, 6) is -0.127. The number of hydrogen-bond donors (Lipinski definition) is 0. The summed E-state index contributed by atoms with van der Waals surface area (Å²) in [6.45, 7) is 1.42. The zero-order valence-corrected chi connectivity index (χ0v) is 10.4. The van der Waals surface area contributed by atoms with Gasteiger partial charge in [0.15, 0.2) is 0 Å². The second kappa shape index (κ2) is 4.80. The van der Waals surface area contributed by atoms with E-state index in [4.69, 9.17) is 9.47 Å². The monoisotopic (exact) mass is 269 g/mol. The van der Waals surface area contributed by atoms with E-state index in [-0.39, 0.29) is 18.9 Å². The molecule has 19 heavy (non-hydrogen) atoms. The minimum Gasteiger partial charge on any atom is -0.429 e. The maximum Gasteiger partial charge on any atom is 0.534 e. The summed E-state index contributed by atoms with van der Waals surface area (Å²) in [6.07, 6.45) is 0.478. The van der Waals surface area contributed by atoms with Crippen LogP contribution in [0, 0.1) is 11.8 Å². The van der Waals surface area contributed by atoms with Gasteiger partial charge in [0.25, 0.3) is 11.8 Å². The first kappa shape index (κ1) is 12.4. The molecule has 2 saturated heterocycles. The predicted molar refractivity (Wildman–Crippen MR) is 59.5 cm³/mol. The number of ether oxygens (including phenoxy) is 2. The van der Waals surface area contributed by atoms with E-state index in [1.807, 2.05) is 0 Å². The fourth-order valence-corrected chi connectivity index (χ4v) is 2.92. The SMILES string of the molecule is O=C(OC1C[C@H]2COC[C@H]2C1)ON1C(=O)CCC1=O. The number of imide groups is 1. The van der Waals surface area contributed by atoms with Gasteiger partial charge in [0.05, 0.1) is 0 Å². The van der Waals surface area contributed by atoms with Crippen LogP contribution in [0.5, 0.6) is 0 Å². The van der Waals surface area contributed by atoms with Gasteiger partial charge in [0, 0.05) is 26.1 Å². The van der Waals surface area contributed by atoms with Crippen LogP contribution in [-0.2, 0) is 23.9 Å². The molecular weight excluding hydrogens is 254 g/mol. The van der Waals surface area contributed by atoms with Gasteiger partial charge in [-0.15, -0.1) is 0 Å². The largest absolute Gasteiger partial charge is 0.534 e. The summed E-state index contributed by atoms with van der Waals surface area (Å²) >= 11 is 0. The van der Waals surface area contributed by atoms with Crippen molar-refractivity contribution in [1.29, 1.82) is 0 Å². The van der Waals surface area contributed by atoms with Crippen LogP contribution in [0.25, 0.3) is 0 Å². The van der Waals surface area contributed by atoms with Crippen LogP contribution < -0.4 is 0 Å². The van der Waals surface area contributed by atoms with Crippen molar-refractivity contribution in [2.24, 2.45) is 11.8 Å². The summed E-state index contributed by atoms with van der Waals surface area (Å²) in [5, 5.41) is 0.501. The molecule has 1 aliphatic carbocycles. The molecule has 2 amide bonds. The highest BCUT2D eigenvalue weighted by molar-refractivity contribution is 6.01. The normalized spacial score (nSPS) is 33.7. The lowest BCUT2D eigenvalue weighted by atomic mass is 10.0. The van der Waals surface area contributed by atoms with Gasteiger partial charge in [-0.05, 0) is 24.7 Å². The van der Waals surface area contributed by atoms with Crippen LogP contribution in [0.4, 0.5) is 4.79 Å². The molecule has 104 valence electrons. The first-order chi connectivity index (χ1) is 9.13. The lowest BCUT2D eigenvalue weighted by Crippen LogP contribution is -2.33. The Bertz CT molecular complexity index is 394. The van der Waals surface area contributed by atoms with E-state index in [1.54, 1.807) is 0 Å². The van der Waals surface area contributed by atoms with Crippen LogP contribution in [0.2, 0.25) is 0 Å². The maximum absolute atomic E-state index is 11.5. The van der Waals surface area contributed by atoms with Crippen molar-refractivity contribution >= 4 is 18.0 Å². The highest BCUT2D eigenvalue weighted by Crippen LogP contribution is 2.38. The molecule has 7 nitrogen and oxygen atoms in total. The average Bonchev–Trinajstić information content (AvgIpc) is 2.99.